The zero-order valence-corrected chi connectivity index (χ0v) is 20.3. The van der Waals surface area contributed by atoms with Crippen molar-refractivity contribution in [1.29, 1.82) is 0 Å². The Morgan fingerprint density at radius 1 is 1.14 bits per heavy atom. The summed E-state index contributed by atoms with van der Waals surface area (Å²) in [6, 6.07) is 9.91. The van der Waals surface area contributed by atoms with E-state index in [9.17, 15) is 18.0 Å². The highest BCUT2D eigenvalue weighted by molar-refractivity contribution is 6.10. The fraction of sp³-hybridized carbons (Fsp3) is 0.296. The Hall–Kier alpha value is -3.76. The molecule has 2 aliphatic rings. The van der Waals surface area contributed by atoms with E-state index in [1.54, 1.807) is 23.0 Å². The Kier molecular flexibility index (Phi) is 6.94. The average Bonchev–Trinajstić information content (AvgIpc) is 3.40. The molecular weight excluding hydrogens is 481 g/mol. The van der Waals surface area contributed by atoms with Crippen LogP contribution in [0.3, 0.4) is 0 Å². The summed E-state index contributed by atoms with van der Waals surface area (Å²) in [5.41, 5.74) is 3.14. The quantitative estimate of drug-likeness (QED) is 0.542. The third-order valence-electron chi connectivity index (χ3n) is 6.60. The highest BCUT2D eigenvalue weighted by Gasteiger charge is 2.31. The normalized spacial score (nSPS) is 18.5. The number of hydrogen-bond acceptors (Lipinski definition) is 5. The van der Waals surface area contributed by atoms with Crippen LogP contribution in [-0.4, -0.2) is 65.6 Å². The number of allylic oxidation sites excluding steroid dienone is 1. The zero-order valence-electron chi connectivity index (χ0n) is 20.3. The van der Waals surface area contributed by atoms with Gasteiger partial charge in [-0.2, -0.15) is 18.3 Å². The molecule has 2 aliphatic heterocycles. The molecule has 0 spiro atoms. The fourth-order valence-corrected chi connectivity index (χ4v) is 4.55. The summed E-state index contributed by atoms with van der Waals surface area (Å²) < 4.78 is 40.8. The minimum atomic E-state index is -4.52. The number of nitrogens with zero attached hydrogens (tertiary/aromatic N) is 4. The zero-order chi connectivity index (χ0) is 26.0. The number of benzene rings is 2. The predicted octanol–water partition coefficient (Wildman–Crippen LogP) is 4.19. The van der Waals surface area contributed by atoms with Gasteiger partial charge in [-0.25, -0.2) is 4.68 Å². The van der Waals surface area contributed by atoms with Crippen LogP contribution in [0.4, 0.5) is 18.9 Å². The van der Waals surface area contributed by atoms with Gasteiger partial charge in [-0.1, -0.05) is 18.2 Å². The van der Waals surface area contributed by atoms with Crippen LogP contribution in [0, 0.1) is 6.92 Å². The summed E-state index contributed by atoms with van der Waals surface area (Å²) in [5.74, 6) is -0.621. The Morgan fingerprint density at radius 3 is 2.73 bits per heavy atom. The van der Waals surface area contributed by atoms with Gasteiger partial charge in [-0.15, -0.1) is 0 Å². The molecule has 1 atom stereocenters. The number of halogens is 3. The number of aryl methyl sites for hydroxylation is 1. The highest BCUT2D eigenvalue weighted by atomic mass is 19.4. The summed E-state index contributed by atoms with van der Waals surface area (Å²) in [6.07, 6.45) is 3.29. The standard InChI is InChI=1S/C27H27F3N6O/c1-18-5-6-23(34-26(37)19-3-2-4-22(11-19)27(28,29)30)13-25(18)36-17-21(15-33-36)20-12-24(16-32-14-20)35-9-7-31-8-10-35/h2-6,11-15,17,24,31H,7-10,16H2,1H3,(H,34,37). The lowest BCUT2D eigenvalue weighted by Gasteiger charge is -2.33. The van der Waals surface area contributed by atoms with Gasteiger partial charge in [0.05, 0.1) is 24.0 Å². The topological polar surface area (TPSA) is 74.6 Å². The monoisotopic (exact) mass is 508 g/mol. The lowest BCUT2D eigenvalue weighted by Crippen LogP contribution is -2.49. The van der Waals surface area contributed by atoms with Crippen LogP contribution in [0.25, 0.3) is 11.3 Å². The van der Waals surface area contributed by atoms with Crippen molar-refractivity contribution in [1.82, 2.24) is 20.0 Å². The SMILES string of the molecule is Cc1ccc(NC(=O)c2cccc(C(F)(F)F)c2)cc1-n1cc(C2=CC(N3CCNCC3)CN=C2)cn1. The maximum atomic E-state index is 13.0. The van der Waals surface area contributed by atoms with Crippen molar-refractivity contribution in [3.63, 3.8) is 0 Å². The Labute approximate surface area is 212 Å². The molecule has 1 saturated heterocycles. The van der Waals surface area contributed by atoms with Crippen molar-refractivity contribution in [2.75, 3.05) is 38.0 Å². The van der Waals surface area contributed by atoms with E-state index < -0.39 is 17.6 Å². The van der Waals surface area contributed by atoms with E-state index in [1.165, 1.54) is 12.1 Å². The number of hydrogen-bond donors (Lipinski definition) is 2. The highest BCUT2D eigenvalue weighted by Crippen LogP contribution is 2.30. The molecular formula is C27H27F3N6O. The number of aromatic nitrogens is 2. The number of piperazine rings is 1. The van der Waals surface area contributed by atoms with Crippen molar-refractivity contribution >= 4 is 23.4 Å². The van der Waals surface area contributed by atoms with Crippen LogP contribution in [0.15, 0.2) is 65.9 Å². The van der Waals surface area contributed by atoms with E-state index in [1.807, 2.05) is 25.4 Å². The van der Waals surface area contributed by atoms with Crippen molar-refractivity contribution < 1.29 is 18.0 Å². The van der Waals surface area contributed by atoms with Gasteiger partial charge in [0, 0.05) is 67.0 Å². The number of nitrogens with one attached hydrogen (secondary N) is 2. The number of anilines is 1. The maximum absolute atomic E-state index is 13.0. The number of alkyl halides is 3. The second kappa shape index (κ2) is 10.3. The molecule has 5 rings (SSSR count). The first kappa shape index (κ1) is 24.9. The van der Waals surface area contributed by atoms with Crippen molar-refractivity contribution in [3.8, 4) is 5.69 Å². The number of rotatable bonds is 5. The van der Waals surface area contributed by atoms with Crippen LogP contribution in [-0.2, 0) is 6.18 Å². The third kappa shape index (κ3) is 5.65. The molecule has 7 nitrogen and oxygen atoms in total. The van der Waals surface area contributed by atoms with Gasteiger partial charge in [0.2, 0.25) is 0 Å². The first-order chi connectivity index (χ1) is 17.8. The second-order valence-corrected chi connectivity index (χ2v) is 9.18. The van der Waals surface area contributed by atoms with Crippen molar-refractivity contribution in [3.05, 3.63) is 83.2 Å². The number of dihydropyridines is 1. The number of aliphatic imine (C=N–C) groups is 1. The molecule has 1 aromatic heterocycles. The lowest BCUT2D eigenvalue weighted by molar-refractivity contribution is -0.137. The molecule has 0 aliphatic carbocycles. The third-order valence-corrected chi connectivity index (χ3v) is 6.60. The molecule has 0 bridgehead atoms. The Morgan fingerprint density at radius 2 is 1.95 bits per heavy atom. The molecule has 3 heterocycles. The van der Waals surface area contributed by atoms with Gasteiger partial charge in [0.25, 0.3) is 5.91 Å². The fourth-order valence-electron chi connectivity index (χ4n) is 4.55. The van der Waals surface area contributed by atoms with Crippen molar-refractivity contribution in [2.45, 2.75) is 19.1 Å². The average molecular weight is 509 g/mol. The van der Waals surface area contributed by atoms with Crippen LogP contribution in [0.2, 0.25) is 0 Å². The smallest absolute Gasteiger partial charge is 0.322 e. The molecule has 0 radical (unpaired) electrons. The molecule has 0 saturated carbocycles. The molecule has 10 heteroatoms. The molecule has 3 aromatic rings. The van der Waals surface area contributed by atoms with Gasteiger partial charge in [-0.3, -0.25) is 14.7 Å². The van der Waals surface area contributed by atoms with Crippen LogP contribution >= 0.6 is 0 Å². The van der Waals surface area contributed by atoms with E-state index in [4.69, 9.17) is 0 Å². The first-order valence-electron chi connectivity index (χ1n) is 12.1. The molecule has 37 heavy (non-hydrogen) atoms. The maximum Gasteiger partial charge on any atom is 0.416 e. The lowest BCUT2D eigenvalue weighted by atomic mass is 10.0. The predicted molar refractivity (Wildman–Crippen MR) is 137 cm³/mol. The molecule has 2 N–H and O–H groups in total. The minimum absolute atomic E-state index is 0.0686. The van der Waals surface area contributed by atoms with Gasteiger partial charge in [0.1, 0.15) is 0 Å². The van der Waals surface area contributed by atoms with E-state index in [-0.39, 0.29) is 11.6 Å². The van der Waals surface area contributed by atoms with E-state index >= 15 is 0 Å². The summed E-state index contributed by atoms with van der Waals surface area (Å²) in [7, 11) is 0. The largest absolute Gasteiger partial charge is 0.416 e. The van der Waals surface area contributed by atoms with Crippen LogP contribution in [0.5, 0.6) is 0 Å². The number of carbonyl (C=O) groups excluding carboxylic acids is 1. The van der Waals surface area contributed by atoms with Crippen LogP contribution < -0.4 is 10.6 Å². The van der Waals surface area contributed by atoms with E-state index in [0.717, 1.165) is 67.2 Å². The van der Waals surface area contributed by atoms with Gasteiger partial charge >= 0.3 is 6.18 Å². The molecule has 1 fully saturated rings. The van der Waals surface area contributed by atoms with Gasteiger partial charge < -0.3 is 10.6 Å². The molecule has 1 amide bonds. The second-order valence-electron chi connectivity index (χ2n) is 9.18. The summed E-state index contributed by atoms with van der Waals surface area (Å²) >= 11 is 0. The summed E-state index contributed by atoms with van der Waals surface area (Å²) in [6.45, 7) is 6.59. The van der Waals surface area contributed by atoms with Gasteiger partial charge in [-0.05, 0) is 42.8 Å². The minimum Gasteiger partial charge on any atom is -0.322 e. The van der Waals surface area contributed by atoms with Crippen LogP contribution in [0.1, 0.15) is 27.0 Å². The van der Waals surface area contributed by atoms with E-state index in [0.29, 0.717) is 5.69 Å². The Bertz CT molecular complexity index is 1350. The first-order valence-corrected chi connectivity index (χ1v) is 12.1. The van der Waals surface area contributed by atoms with Gasteiger partial charge in [0.15, 0.2) is 0 Å². The molecule has 1 unspecified atom stereocenters. The molecule has 192 valence electrons. The van der Waals surface area contributed by atoms with Crippen molar-refractivity contribution in [2.24, 2.45) is 4.99 Å². The number of carbonyl (C=O) groups is 1. The number of amides is 1. The summed E-state index contributed by atoms with van der Waals surface area (Å²) in [5, 5.41) is 10.6. The Balaban J connectivity index is 1.35. The summed E-state index contributed by atoms with van der Waals surface area (Å²) in [4.78, 5) is 19.7. The molecule has 2 aromatic carbocycles. The van der Waals surface area contributed by atoms with E-state index in [2.05, 4.69) is 31.7 Å².